The Hall–Kier alpha value is -3.09. The van der Waals surface area contributed by atoms with Crippen LogP contribution in [0.1, 0.15) is 41.6 Å². The third kappa shape index (κ3) is 4.10. The van der Waals surface area contributed by atoms with E-state index >= 15 is 0 Å². The molecule has 2 aromatic carbocycles. The van der Waals surface area contributed by atoms with Gasteiger partial charge in [-0.2, -0.15) is 0 Å². The molecule has 2 aliphatic rings. The molecule has 3 amide bonds. The van der Waals surface area contributed by atoms with Crippen molar-refractivity contribution in [3.63, 3.8) is 0 Å². The quantitative estimate of drug-likeness (QED) is 0.796. The summed E-state index contributed by atoms with van der Waals surface area (Å²) in [5.74, 6) is 0.0544. The Morgan fingerprint density at radius 3 is 2.37 bits per heavy atom. The zero-order chi connectivity index (χ0) is 21.3. The van der Waals surface area contributed by atoms with Crippen molar-refractivity contribution in [2.24, 2.45) is 0 Å². The summed E-state index contributed by atoms with van der Waals surface area (Å²) >= 11 is 0. The zero-order valence-corrected chi connectivity index (χ0v) is 17.2. The number of aryl methyl sites for hydroxylation is 1. The lowest BCUT2D eigenvalue weighted by Crippen LogP contribution is -2.53. The number of halogens is 1. The Kier molecular flexibility index (Phi) is 5.61. The number of carbonyl (C=O) groups is 2. The van der Waals surface area contributed by atoms with Crippen molar-refractivity contribution >= 4 is 17.6 Å². The number of nitrogens with one attached hydrogen (secondary N) is 2. The van der Waals surface area contributed by atoms with Gasteiger partial charge in [-0.1, -0.05) is 6.07 Å². The van der Waals surface area contributed by atoms with Gasteiger partial charge in [0, 0.05) is 23.7 Å². The van der Waals surface area contributed by atoms with Gasteiger partial charge in [0.1, 0.15) is 11.6 Å². The monoisotopic (exact) mass is 411 g/mol. The van der Waals surface area contributed by atoms with Crippen LogP contribution in [0.5, 0.6) is 5.75 Å². The number of fused-ring (bicyclic) bond motifs is 2. The first-order valence-corrected chi connectivity index (χ1v) is 10.2. The third-order valence-corrected chi connectivity index (χ3v) is 6.01. The SMILES string of the molecule is COc1ccc(C)cc1NC(=O)N1C2CCC1CC(NC(=O)c1ccc(F)cc1)C2. The maximum Gasteiger partial charge on any atom is 0.322 e. The molecule has 2 atom stereocenters. The van der Waals surface area contributed by atoms with Crippen LogP contribution in [0.25, 0.3) is 0 Å². The average Bonchev–Trinajstić information content (AvgIpc) is 2.99. The predicted molar refractivity (Wildman–Crippen MR) is 112 cm³/mol. The highest BCUT2D eigenvalue weighted by Crippen LogP contribution is 2.37. The number of amides is 3. The van der Waals surface area contributed by atoms with Crippen molar-refractivity contribution < 1.29 is 18.7 Å². The maximum atomic E-state index is 13.1. The van der Waals surface area contributed by atoms with E-state index in [0.717, 1.165) is 18.4 Å². The van der Waals surface area contributed by atoms with E-state index in [1.165, 1.54) is 24.3 Å². The summed E-state index contributed by atoms with van der Waals surface area (Å²) in [6, 6.07) is 11.2. The highest BCUT2D eigenvalue weighted by Gasteiger charge is 2.43. The molecule has 158 valence electrons. The number of benzene rings is 2. The summed E-state index contributed by atoms with van der Waals surface area (Å²) < 4.78 is 18.4. The van der Waals surface area contributed by atoms with E-state index in [1.54, 1.807) is 7.11 Å². The Balaban J connectivity index is 1.40. The number of piperidine rings is 1. The van der Waals surface area contributed by atoms with E-state index in [-0.39, 0.29) is 35.9 Å². The number of anilines is 1. The van der Waals surface area contributed by atoms with Crippen LogP contribution in [0.4, 0.5) is 14.9 Å². The molecule has 0 aliphatic carbocycles. The summed E-state index contributed by atoms with van der Waals surface area (Å²) in [4.78, 5) is 27.4. The molecule has 0 aromatic heterocycles. The smallest absolute Gasteiger partial charge is 0.322 e. The van der Waals surface area contributed by atoms with Gasteiger partial charge in [0.2, 0.25) is 0 Å². The van der Waals surface area contributed by atoms with Gasteiger partial charge in [0.25, 0.3) is 5.91 Å². The Morgan fingerprint density at radius 2 is 1.73 bits per heavy atom. The predicted octanol–water partition coefficient (Wildman–Crippen LogP) is 4.10. The third-order valence-electron chi connectivity index (χ3n) is 6.01. The maximum absolute atomic E-state index is 13.1. The largest absolute Gasteiger partial charge is 0.495 e. The van der Waals surface area contributed by atoms with Gasteiger partial charge >= 0.3 is 6.03 Å². The standard InChI is InChI=1S/C23H26FN3O3/c1-14-3-10-21(30-2)20(11-14)26-23(29)27-18-8-9-19(27)13-17(12-18)25-22(28)15-4-6-16(24)7-5-15/h3-7,10-11,17-19H,8-9,12-13H2,1-2H3,(H,25,28)(H,26,29). The molecule has 2 aliphatic heterocycles. The summed E-state index contributed by atoms with van der Waals surface area (Å²) in [6.45, 7) is 1.97. The van der Waals surface area contributed by atoms with Crippen molar-refractivity contribution in [3.05, 3.63) is 59.4 Å². The molecule has 2 heterocycles. The second-order valence-electron chi connectivity index (χ2n) is 8.07. The number of urea groups is 1. The Morgan fingerprint density at radius 1 is 1.07 bits per heavy atom. The molecule has 2 bridgehead atoms. The fraction of sp³-hybridized carbons (Fsp3) is 0.391. The van der Waals surface area contributed by atoms with E-state index < -0.39 is 0 Å². The number of hydrogen-bond donors (Lipinski definition) is 2. The molecule has 2 N–H and O–H groups in total. The van der Waals surface area contributed by atoms with Crippen molar-refractivity contribution in [1.82, 2.24) is 10.2 Å². The van der Waals surface area contributed by atoms with Crippen molar-refractivity contribution in [3.8, 4) is 5.75 Å². The molecule has 2 fully saturated rings. The van der Waals surface area contributed by atoms with Crippen molar-refractivity contribution in [2.45, 2.75) is 50.7 Å². The van der Waals surface area contributed by atoms with Gasteiger partial charge in [-0.25, -0.2) is 9.18 Å². The lowest BCUT2D eigenvalue weighted by atomic mass is 9.97. The fourth-order valence-electron chi connectivity index (χ4n) is 4.60. The lowest BCUT2D eigenvalue weighted by molar-refractivity contribution is 0.0891. The minimum Gasteiger partial charge on any atom is -0.495 e. The van der Waals surface area contributed by atoms with Crippen LogP contribution in [0.15, 0.2) is 42.5 Å². The summed E-state index contributed by atoms with van der Waals surface area (Å²) in [6.07, 6.45) is 3.27. The van der Waals surface area contributed by atoms with Crippen LogP contribution in [-0.2, 0) is 0 Å². The highest BCUT2D eigenvalue weighted by atomic mass is 19.1. The number of nitrogens with zero attached hydrogens (tertiary/aromatic N) is 1. The molecule has 0 spiro atoms. The average molecular weight is 411 g/mol. The van der Waals surface area contributed by atoms with Gasteiger partial charge in [0.15, 0.2) is 0 Å². The van der Waals surface area contributed by atoms with Gasteiger partial charge in [-0.15, -0.1) is 0 Å². The van der Waals surface area contributed by atoms with Crippen molar-refractivity contribution in [1.29, 1.82) is 0 Å². The fourth-order valence-corrected chi connectivity index (χ4v) is 4.60. The lowest BCUT2D eigenvalue weighted by Gasteiger charge is -2.39. The molecule has 2 saturated heterocycles. The zero-order valence-electron chi connectivity index (χ0n) is 17.2. The first-order chi connectivity index (χ1) is 14.4. The van der Waals surface area contributed by atoms with Gasteiger partial charge in [0.05, 0.1) is 12.8 Å². The first kappa shape index (κ1) is 20.2. The molecular weight excluding hydrogens is 385 g/mol. The van der Waals surface area contributed by atoms with Crippen LogP contribution in [-0.4, -0.2) is 42.1 Å². The second-order valence-corrected chi connectivity index (χ2v) is 8.07. The van der Waals surface area contributed by atoms with Gasteiger partial charge in [-0.05, 0) is 74.6 Å². The number of carbonyl (C=O) groups excluding carboxylic acids is 2. The van der Waals surface area contributed by atoms with Crippen LogP contribution >= 0.6 is 0 Å². The molecule has 2 aromatic rings. The van der Waals surface area contributed by atoms with Crippen LogP contribution < -0.4 is 15.4 Å². The number of hydrogen-bond acceptors (Lipinski definition) is 3. The van der Waals surface area contributed by atoms with Gasteiger partial charge < -0.3 is 20.3 Å². The van der Waals surface area contributed by atoms with Gasteiger partial charge in [-0.3, -0.25) is 4.79 Å². The molecule has 0 radical (unpaired) electrons. The Bertz CT molecular complexity index is 933. The molecule has 0 saturated carbocycles. The minimum absolute atomic E-state index is 0.00221. The van der Waals surface area contributed by atoms with Crippen LogP contribution in [0.2, 0.25) is 0 Å². The van der Waals surface area contributed by atoms with Crippen molar-refractivity contribution in [2.75, 3.05) is 12.4 Å². The number of rotatable bonds is 4. The minimum atomic E-state index is -0.367. The number of methoxy groups -OCH3 is 1. The number of ether oxygens (including phenoxy) is 1. The van der Waals surface area contributed by atoms with Crippen LogP contribution in [0, 0.1) is 12.7 Å². The topological polar surface area (TPSA) is 70.7 Å². The molecule has 30 heavy (non-hydrogen) atoms. The highest BCUT2D eigenvalue weighted by molar-refractivity contribution is 5.94. The summed E-state index contributed by atoms with van der Waals surface area (Å²) in [5.41, 5.74) is 2.14. The first-order valence-electron chi connectivity index (χ1n) is 10.2. The van der Waals surface area contributed by atoms with E-state index in [0.29, 0.717) is 29.8 Å². The second kappa shape index (κ2) is 8.34. The summed E-state index contributed by atoms with van der Waals surface area (Å²) in [5, 5.41) is 6.05. The summed E-state index contributed by atoms with van der Waals surface area (Å²) in [7, 11) is 1.58. The molecule has 6 nitrogen and oxygen atoms in total. The Labute approximate surface area is 175 Å². The molecule has 2 unspecified atom stereocenters. The van der Waals surface area contributed by atoms with Crippen LogP contribution in [0.3, 0.4) is 0 Å². The van der Waals surface area contributed by atoms with E-state index in [2.05, 4.69) is 10.6 Å². The molecule has 7 heteroatoms. The van der Waals surface area contributed by atoms with E-state index in [9.17, 15) is 14.0 Å². The molecule has 4 rings (SSSR count). The van der Waals surface area contributed by atoms with E-state index in [4.69, 9.17) is 4.74 Å². The normalized spacial score (nSPS) is 22.5. The molecular formula is C23H26FN3O3. The van der Waals surface area contributed by atoms with E-state index in [1.807, 2.05) is 30.0 Å².